The van der Waals surface area contributed by atoms with E-state index in [2.05, 4.69) is 19.7 Å². The topological polar surface area (TPSA) is 95.9 Å². The Morgan fingerprint density at radius 1 is 1.50 bits per heavy atom. The monoisotopic (exact) mass is 263 g/mol. The minimum Gasteiger partial charge on any atom is -0.464 e. The van der Waals surface area contributed by atoms with E-state index in [0.29, 0.717) is 11.6 Å². The zero-order valence-electron chi connectivity index (χ0n) is 9.40. The van der Waals surface area contributed by atoms with Gasteiger partial charge in [-0.3, -0.25) is 9.55 Å². The van der Waals surface area contributed by atoms with Gasteiger partial charge in [-0.25, -0.2) is 14.8 Å². The van der Waals surface area contributed by atoms with Crippen LogP contribution in [-0.2, 0) is 4.74 Å². The number of hydrogen-bond donors (Lipinski definition) is 1. The van der Waals surface area contributed by atoms with E-state index < -0.39 is 5.97 Å². The summed E-state index contributed by atoms with van der Waals surface area (Å²) in [5.41, 5.74) is 5.62. The predicted octanol–water partition coefficient (Wildman–Crippen LogP) is 0.0831. The molecule has 2 rings (SSSR count). The van der Waals surface area contributed by atoms with Crippen LogP contribution < -0.4 is 5.73 Å². The molecule has 2 heterocycles. The zero-order valence-corrected chi connectivity index (χ0v) is 10.2. The molecule has 0 bridgehead atoms. The van der Waals surface area contributed by atoms with Gasteiger partial charge in [-0.1, -0.05) is 12.2 Å². The van der Waals surface area contributed by atoms with Crippen molar-refractivity contribution in [3.05, 3.63) is 36.3 Å². The van der Waals surface area contributed by atoms with E-state index in [1.807, 2.05) is 0 Å². The Hall–Kier alpha value is -2.35. The van der Waals surface area contributed by atoms with E-state index in [-0.39, 0.29) is 10.7 Å². The van der Waals surface area contributed by atoms with Crippen LogP contribution in [0.1, 0.15) is 16.3 Å². The molecule has 0 atom stereocenters. The van der Waals surface area contributed by atoms with Gasteiger partial charge in [0.05, 0.1) is 19.5 Å². The average molecular weight is 263 g/mol. The fourth-order valence-electron chi connectivity index (χ4n) is 1.35. The lowest BCUT2D eigenvalue weighted by atomic mass is 10.4. The third kappa shape index (κ3) is 2.18. The fraction of sp³-hybridized carbons (Fsp3) is 0.100. The molecule has 0 fully saturated rings. The summed E-state index contributed by atoms with van der Waals surface area (Å²) in [6.45, 7) is 0. The van der Waals surface area contributed by atoms with Gasteiger partial charge in [0.2, 0.25) is 0 Å². The molecule has 8 heteroatoms. The molecular weight excluding hydrogens is 254 g/mol. The first kappa shape index (κ1) is 12.1. The number of imidazole rings is 1. The summed E-state index contributed by atoms with van der Waals surface area (Å²) in [5.74, 6) is 0.195. The number of methoxy groups -OCH3 is 1. The van der Waals surface area contributed by atoms with Crippen molar-refractivity contribution in [1.29, 1.82) is 0 Å². The molecule has 0 aliphatic rings. The van der Waals surface area contributed by atoms with Crippen molar-refractivity contribution in [3.8, 4) is 5.82 Å². The summed E-state index contributed by atoms with van der Waals surface area (Å²) < 4.78 is 6.11. The zero-order chi connectivity index (χ0) is 13.1. The van der Waals surface area contributed by atoms with Gasteiger partial charge >= 0.3 is 5.97 Å². The van der Waals surface area contributed by atoms with E-state index in [1.165, 1.54) is 25.7 Å². The van der Waals surface area contributed by atoms with E-state index in [0.717, 1.165) is 0 Å². The van der Waals surface area contributed by atoms with Crippen LogP contribution in [0.15, 0.2) is 24.8 Å². The van der Waals surface area contributed by atoms with Crippen LogP contribution in [0.2, 0.25) is 0 Å². The normalized spacial score (nSPS) is 10.1. The molecule has 2 N–H and O–H groups in total. The van der Waals surface area contributed by atoms with Crippen molar-refractivity contribution >= 4 is 23.2 Å². The fourth-order valence-corrected chi connectivity index (χ4v) is 1.50. The number of nitrogens with zero attached hydrogens (tertiary/aromatic N) is 4. The molecule has 0 aromatic carbocycles. The van der Waals surface area contributed by atoms with Gasteiger partial charge in [-0.15, -0.1) is 0 Å². The molecule has 0 unspecified atom stereocenters. The van der Waals surface area contributed by atoms with Gasteiger partial charge in [0.1, 0.15) is 4.99 Å². The van der Waals surface area contributed by atoms with Crippen molar-refractivity contribution in [1.82, 2.24) is 19.5 Å². The van der Waals surface area contributed by atoms with Gasteiger partial charge in [0, 0.05) is 12.4 Å². The quantitative estimate of drug-likeness (QED) is 0.619. The van der Waals surface area contributed by atoms with E-state index in [4.69, 9.17) is 18.0 Å². The molecule has 92 valence electrons. The van der Waals surface area contributed by atoms with Gasteiger partial charge < -0.3 is 10.5 Å². The van der Waals surface area contributed by atoms with Gasteiger partial charge in [0.25, 0.3) is 0 Å². The van der Waals surface area contributed by atoms with Crippen LogP contribution in [0, 0.1) is 0 Å². The number of thiocarbonyl (C=S) groups is 1. The molecule has 0 spiro atoms. The second kappa shape index (κ2) is 4.88. The van der Waals surface area contributed by atoms with Crippen molar-refractivity contribution in [2.75, 3.05) is 7.11 Å². The van der Waals surface area contributed by atoms with Crippen LogP contribution in [-0.4, -0.2) is 37.6 Å². The second-order valence-electron chi connectivity index (χ2n) is 3.24. The highest BCUT2D eigenvalue weighted by Gasteiger charge is 2.12. The minimum atomic E-state index is -0.568. The average Bonchev–Trinajstić information content (AvgIpc) is 2.87. The van der Waals surface area contributed by atoms with Crippen molar-refractivity contribution < 1.29 is 9.53 Å². The smallest absolute Gasteiger partial charge is 0.358 e. The van der Waals surface area contributed by atoms with E-state index in [9.17, 15) is 4.79 Å². The summed E-state index contributed by atoms with van der Waals surface area (Å²) in [7, 11) is 1.27. The Bertz CT molecular complexity index is 610. The SMILES string of the molecule is COC(=O)c1cncc(-n2ccnc2C(N)=S)n1. The summed E-state index contributed by atoms with van der Waals surface area (Å²) in [6.07, 6.45) is 5.93. The Morgan fingerprint density at radius 2 is 2.28 bits per heavy atom. The third-order valence-electron chi connectivity index (χ3n) is 2.12. The van der Waals surface area contributed by atoms with Crippen molar-refractivity contribution in [2.45, 2.75) is 0 Å². The highest BCUT2D eigenvalue weighted by molar-refractivity contribution is 7.80. The van der Waals surface area contributed by atoms with Gasteiger partial charge in [-0.2, -0.15) is 0 Å². The second-order valence-corrected chi connectivity index (χ2v) is 3.68. The van der Waals surface area contributed by atoms with Crippen LogP contribution in [0.4, 0.5) is 0 Å². The number of rotatable bonds is 3. The largest absolute Gasteiger partial charge is 0.464 e. The summed E-state index contributed by atoms with van der Waals surface area (Å²) >= 11 is 4.87. The van der Waals surface area contributed by atoms with Crippen molar-refractivity contribution in [3.63, 3.8) is 0 Å². The van der Waals surface area contributed by atoms with Gasteiger partial charge in [-0.05, 0) is 0 Å². The molecule has 0 amide bonds. The maximum absolute atomic E-state index is 11.4. The van der Waals surface area contributed by atoms with Crippen LogP contribution in [0.5, 0.6) is 0 Å². The minimum absolute atomic E-state index is 0.0950. The molecule has 0 saturated heterocycles. The summed E-state index contributed by atoms with van der Waals surface area (Å²) in [5, 5.41) is 0. The molecule has 2 aromatic rings. The lowest BCUT2D eigenvalue weighted by molar-refractivity contribution is 0.0593. The van der Waals surface area contributed by atoms with E-state index >= 15 is 0 Å². The van der Waals surface area contributed by atoms with Crippen LogP contribution in [0.25, 0.3) is 5.82 Å². The number of hydrogen-bond acceptors (Lipinski definition) is 6. The van der Waals surface area contributed by atoms with Crippen LogP contribution in [0.3, 0.4) is 0 Å². The predicted molar refractivity (Wildman–Crippen MR) is 66.4 cm³/mol. The number of carbonyl (C=O) groups is 1. The number of ether oxygens (including phenoxy) is 1. The number of esters is 1. The molecular formula is C10H9N5O2S. The lowest BCUT2D eigenvalue weighted by Gasteiger charge is -2.06. The molecule has 0 aliphatic carbocycles. The Kier molecular flexibility index (Phi) is 3.28. The highest BCUT2D eigenvalue weighted by atomic mass is 32.1. The lowest BCUT2D eigenvalue weighted by Crippen LogP contribution is -2.17. The van der Waals surface area contributed by atoms with Crippen molar-refractivity contribution in [2.24, 2.45) is 5.73 Å². The Balaban J connectivity index is 2.48. The molecule has 18 heavy (non-hydrogen) atoms. The number of nitrogens with two attached hydrogens (primary N) is 1. The standard InChI is InChI=1S/C10H9N5O2S/c1-17-10(16)6-4-12-5-7(14-6)15-3-2-13-9(15)8(11)18/h2-5H,1H3,(H2,11,18). The maximum Gasteiger partial charge on any atom is 0.358 e. The number of aromatic nitrogens is 4. The summed E-state index contributed by atoms with van der Waals surface area (Å²) in [6, 6.07) is 0. The molecule has 7 nitrogen and oxygen atoms in total. The van der Waals surface area contributed by atoms with E-state index in [1.54, 1.807) is 10.8 Å². The van der Waals surface area contributed by atoms with Gasteiger partial charge in [0.15, 0.2) is 17.3 Å². The first-order valence-electron chi connectivity index (χ1n) is 4.87. The van der Waals surface area contributed by atoms with Crippen LogP contribution >= 0.6 is 12.2 Å². The molecule has 0 saturated carbocycles. The first-order valence-corrected chi connectivity index (χ1v) is 5.28. The highest BCUT2D eigenvalue weighted by Crippen LogP contribution is 2.08. The molecule has 0 aliphatic heterocycles. The molecule has 2 aromatic heterocycles. The molecule has 0 radical (unpaired) electrons. The summed E-state index contributed by atoms with van der Waals surface area (Å²) in [4.78, 5) is 23.5. The Labute approximate surface area is 108 Å². The third-order valence-corrected chi connectivity index (χ3v) is 2.31. The number of carbonyl (C=O) groups excluding carboxylic acids is 1. The first-order chi connectivity index (χ1) is 8.63. The maximum atomic E-state index is 11.4. The Morgan fingerprint density at radius 3 is 2.94 bits per heavy atom.